The molecule has 2 N–H and O–H groups in total. The molecule has 0 fully saturated rings. The zero-order chi connectivity index (χ0) is 22.1. The van der Waals surface area contributed by atoms with Crippen LogP contribution in [-0.2, 0) is 16.0 Å². The Hall–Kier alpha value is -3.04. The predicted molar refractivity (Wildman–Crippen MR) is 124 cm³/mol. The van der Waals surface area contributed by atoms with Crippen LogP contribution in [0.5, 0.6) is 11.5 Å². The van der Waals surface area contributed by atoms with E-state index < -0.39 is 0 Å². The molecule has 0 saturated heterocycles. The molecule has 0 bridgehead atoms. The summed E-state index contributed by atoms with van der Waals surface area (Å²) in [6.07, 6.45) is 0.169. The molecule has 2 aromatic carbocycles. The van der Waals surface area contributed by atoms with Gasteiger partial charge >= 0.3 is 0 Å². The van der Waals surface area contributed by atoms with Gasteiger partial charge in [0.25, 0.3) is 0 Å². The van der Waals surface area contributed by atoms with Crippen LogP contribution in [0.1, 0.15) is 12.6 Å². The molecule has 0 saturated carbocycles. The third-order valence-electron chi connectivity index (χ3n) is 4.02. The van der Waals surface area contributed by atoms with Crippen LogP contribution in [0.25, 0.3) is 0 Å². The Kier molecular flexibility index (Phi) is 8.31. The van der Waals surface area contributed by atoms with Crippen molar-refractivity contribution in [1.29, 1.82) is 0 Å². The topological polar surface area (TPSA) is 89.5 Å². The minimum atomic E-state index is -0.150. The summed E-state index contributed by atoms with van der Waals surface area (Å²) in [4.78, 5) is 28.8. The molecule has 162 valence electrons. The number of anilines is 2. The summed E-state index contributed by atoms with van der Waals surface area (Å²) in [6.45, 7) is 2.52. The van der Waals surface area contributed by atoms with Gasteiger partial charge in [-0.3, -0.25) is 9.59 Å². The normalized spacial score (nSPS) is 10.4. The molecule has 3 rings (SSSR count). The second-order valence-electron chi connectivity index (χ2n) is 6.35. The average molecular weight is 458 g/mol. The van der Waals surface area contributed by atoms with E-state index in [-0.39, 0.29) is 24.0 Å². The number of ether oxygens (including phenoxy) is 2. The zero-order valence-corrected chi connectivity index (χ0v) is 18.8. The van der Waals surface area contributed by atoms with E-state index in [1.54, 1.807) is 43.5 Å². The number of carbonyl (C=O) groups is 2. The summed E-state index contributed by atoms with van der Waals surface area (Å²) in [5.74, 6) is 1.45. The quantitative estimate of drug-likeness (QED) is 0.437. The van der Waals surface area contributed by atoms with Crippen molar-refractivity contribution in [2.75, 3.05) is 30.1 Å². The van der Waals surface area contributed by atoms with Crippen molar-refractivity contribution in [3.05, 3.63) is 59.6 Å². The first-order chi connectivity index (χ1) is 15.1. The number of methoxy groups -OCH3 is 1. The van der Waals surface area contributed by atoms with Gasteiger partial charge in [0.2, 0.25) is 11.8 Å². The van der Waals surface area contributed by atoms with Gasteiger partial charge in [-0.25, -0.2) is 4.98 Å². The van der Waals surface area contributed by atoms with E-state index in [1.165, 1.54) is 23.1 Å². The first kappa shape index (κ1) is 22.6. The molecule has 1 heterocycles. The van der Waals surface area contributed by atoms with E-state index in [9.17, 15) is 9.59 Å². The van der Waals surface area contributed by atoms with Crippen molar-refractivity contribution >= 4 is 46.3 Å². The number of nitrogens with zero attached hydrogens (tertiary/aromatic N) is 1. The van der Waals surface area contributed by atoms with E-state index in [2.05, 4.69) is 15.6 Å². The van der Waals surface area contributed by atoms with Gasteiger partial charge in [0.1, 0.15) is 11.5 Å². The first-order valence-electron chi connectivity index (χ1n) is 9.59. The maximum atomic E-state index is 12.3. The Bertz CT molecular complexity index is 1000. The van der Waals surface area contributed by atoms with Crippen molar-refractivity contribution in [1.82, 2.24) is 4.98 Å². The maximum Gasteiger partial charge on any atom is 0.234 e. The minimum Gasteiger partial charge on any atom is -0.497 e. The second kappa shape index (κ2) is 11.4. The van der Waals surface area contributed by atoms with Gasteiger partial charge in [0, 0.05) is 16.8 Å². The minimum absolute atomic E-state index is 0.125. The molecule has 1 aromatic heterocycles. The summed E-state index contributed by atoms with van der Waals surface area (Å²) in [6, 6.07) is 14.4. The molecule has 0 aliphatic heterocycles. The van der Waals surface area contributed by atoms with E-state index >= 15 is 0 Å². The van der Waals surface area contributed by atoms with Crippen molar-refractivity contribution in [3.8, 4) is 11.5 Å². The van der Waals surface area contributed by atoms with Gasteiger partial charge in [-0.1, -0.05) is 11.8 Å². The van der Waals surface area contributed by atoms with E-state index in [0.29, 0.717) is 23.7 Å². The van der Waals surface area contributed by atoms with Crippen LogP contribution in [0.15, 0.2) is 58.3 Å². The molecule has 7 nitrogen and oxygen atoms in total. The lowest BCUT2D eigenvalue weighted by Crippen LogP contribution is -2.14. The summed E-state index contributed by atoms with van der Waals surface area (Å²) < 4.78 is 11.2. The van der Waals surface area contributed by atoms with Crippen molar-refractivity contribution in [2.45, 2.75) is 17.7 Å². The predicted octanol–water partition coefficient (Wildman–Crippen LogP) is 4.46. The van der Waals surface area contributed by atoms with Crippen LogP contribution in [-0.4, -0.2) is 36.3 Å². The number of amides is 2. The van der Waals surface area contributed by atoms with Crippen molar-refractivity contribution in [3.63, 3.8) is 0 Å². The number of rotatable bonds is 10. The number of hydrogen-bond acceptors (Lipinski definition) is 7. The van der Waals surface area contributed by atoms with Gasteiger partial charge < -0.3 is 20.1 Å². The lowest BCUT2D eigenvalue weighted by Gasteiger charge is -2.06. The van der Waals surface area contributed by atoms with E-state index in [1.807, 2.05) is 24.4 Å². The fourth-order valence-electron chi connectivity index (χ4n) is 2.61. The Morgan fingerprint density at radius 1 is 0.968 bits per heavy atom. The molecular weight excluding hydrogens is 434 g/mol. The molecule has 0 atom stereocenters. The number of thioether (sulfide) groups is 1. The number of carbonyl (C=O) groups excluding carboxylic acids is 2. The molecule has 0 radical (unpaired) electrons. The summed E-state index contributed by atoms with van der Waals surface area (Å²) in [5, 5.41) is 7.51. The molecule has 3 aromatic rings. The first-order valence-corrected chi connectivity index (χ1v) is 11.5. The fourth-order valence-corrected chi connectivity index (χ4v) is 4.25. The van der Waals surface area contributed by atoms with Crippen molar-refractivity contribution < 1.29 is 19.1 Å². The summed E-state index contributed by atoms with van der Waals surface area (Å²) in [7, 11) is 1.59. The van der Waals surface area contributed by atoms with Gasteiger partial charge in [-0.2, -0.15) is 0 Å². The molecular formula is C22H23N3O4S2. The molecule has 9 heteroatoms. The standard InChI is InChI=1S/C22H23N3O4S2/c1-3-29-19-10-6-15(7-11-19)23-20(26)12-17-13-30-22(25-17)31-14-21(27)24-16-4-8-18(28-2)9-5-16/h4-11,13H,3,12,14H2,1-2H3,(H,23,26)(H,24,27). The number of benzene rings is 2. The molecule has 31 heavy (non-hydrogen) atoms. The lowest BCUT2D eigenvalue weighted by molar-refractivity contribution is -0.116. The third-order valence-corrected chi connectivity index (χ3v) is 6.09. The largest absolute Gasteiger partial charge is 0.497 e. The van der Waals surface area contributed by atoms with Gasteiger partial charge in [0.05, 0.1) is 31.6 Å². The second-order valence-corrected chi connectivity index (χ2v) is 8.43. The van der Waals surface area contributed by atoms with Gasteiger partial charge in [-0.05, 0) is 55.5 Å². The van der Waals surface area contributed by atoms with Crippen LogP contribution in [0, 0.1) is 0 Å². The summed E-state index contributed by atoms with van der Waals surface area (Å²) in [5.41, 5.74) is 2.08. The highest BCUT2D eigenvalue weighted by molar-refractivity contribution is 8.01. The SMILES string of the molecule is CCOc1ccc(NC(=O)Cc2csc(SCC(=O)Nc3ccc(OC)cc3)n2)cc1. The highest BCUT2D eigenvalue weighted by Crippen LogP contribution is 2.24. The van der Waals surface area contributed by atoms with E-state index in [4.69, 9.17) is 9.47 Å². The molecule has 2 amide bonds. The maximum absolute atomic E-state index is 12.3. The van der Waals surface area contributed by atoms with Gasteiger partial charge in [-0.15, -0.1) is 11.3 Å². The van der Waals surface area contributed by atoms with Crippen LogP contribution < -0.4 is 20.1 Å². The number of hydrogen-bond donors (Lipinski definition) is 2. The Balaban J connectivity index is 1.43. The Labute approximate surface area is 189 Å². The smallest absolute Gasteiger partial charge is 0.234 e. The molecule has 0 aliphatic carbocycles. The lowest BCUT2D eigenvalue weighted by atomic mass is 10.2. The van der Waals surface area contributed by atoms with Crippen LogP contribution in [0.4, 0.5) is 11.4 Å². The average Bonchev–Trinajstić information content (AvgIpc) is 3.21. The highest BCUT2D eigenvalue weighted by Gasteiger charge is 2.11. The van der Waals surface area contributed by atoms with Gasteiger partial charge in [0.15, 0.2) is 4.34 Å². The third kappa shape index (κ3) is 7.30. The van der Waals surface area contributed by atoms with E-state index in [0.717, 1.165) is 15.8 Å². The summed E-state index contributed by atoms with van der Waals surface area (Å²) >= 11 is 2.76. The van der Waals surface area contributed by atoms with Crippen LogP contribution in [0.2, 0.25) is 0 Å². The zero-order valence-electron chi connectivity index (χ0n) is 17.2. The van der Waals surface area contributed by atoms with Crippen molar-refractivity contribution in [2.24, 2.45) is 0 Å². The number of nitrogens with one attached hydrogen (secondary N) is 2. The van der Waals surface area contributed by atoms with Crippen LogP contribution >= 0.6 is 23.1 Å². The molecule has 0 aliphatic rings. The van der Waals surface area contributed by atoms with Crippen LogP contribution in [0.3, 0.4) is 0 Å². The number of aromatic nitrogens is 1. The monoisotopic (exact) mass is 457 g/mol. The number of thiazole rings is 1. The highest BCUT2D eigenvalue weighted by atomic mass is 32.2. The Morgan fingerprint density at radius 2 is 1.58 bits per heavy atom. The molecule has 0 spiro atoms. The Morgan fingerprint density at radius 3 is 2.19 bits per heavy atom. The fraction of sp³-hybridized carbons (Fsp3) is 0.227. The molecule has 0 unspecified atom stereocenters.